The van der Waals surface area contributed by atoms with Crippen LogP contribution in [0.15, 0.2) is 42.5 Å². The fourth-order valence-electron chi connectivity index (χ4n) is 4.14. The van der Waals surface area contributed by atoms with Gasteiger partial charge in [0.05, 0.1) is 29.7 Å². The zero-order valence-electron chi connectivity index (χ0n) is 19.7. The number of carbonyl (C=O) groups excluding carboxylic acids is 1. The molecule has 36 heavy (non-hydrogen) atoms. The Labute approximate surface area is 220 Å². The Bertz CT molecular complexity index is 1280. The molecule has 0 radical (unpaired) electrons. The fourth-order valence-corrected chi connectivity index (χ4v) is 4.63. The van der Waals surface area contributed by atoms with Gasteiger partial charge in [0.15, 0.2) is 5.69 Å². The molecule has 0 bridgehead atoms. The predicted molar refractivity (Wildman–Crippen MR) is 140 cm³/mol. The standard InChI is InChI=1S/C27H27Cl2FN4O2/c28-21-12-13-24(23(29)17-21)34-26(20-10-8-19(9-11-20)7-3-1-4-14-30)22(18-35)25(31-34)27(36)32-33-15-5-2-6-16-33/h8-13,17,35H,1-2,4-6,14-16,18H2,(H,32,36). The van der Waals surface area contributed by atoms with Gasteiger partial charge in [0.1, 0.15) is 0 Å². The second kappa shape index (κ2) is 12.4. The SMILES string of the molecule is O=C(NN1CCCCC1)c1nn(-c2ccc(Cl)cc2Cl)c(-c2ccc(C#CCCCF)cc2)c1CO. The van der Waals surface area contributed by atoms with Crippen molar-refractivity contribution in [3.63, 3.8) is 0 Å². The molecule has 4 rings (SSSR count). The summed E-state index contributed by atoms with van der Waals surface area (Å²) in [4.78, 5) is 13.2. The first kappa shape index (κ1) is 26.2. The average molecular weight is 529 g/mol. The highest BCUT2D eigenvalue weighted by atomic mass is 35.5. The van der Waals surface area contributed by atoms with Gasteiger partial charge in [0, 0.05) is 41.2 Å². The average Bonchev–Trinajstić information content (AvgIpc) is 3.27. The number of unbranched alkanes of at least 4 members (excludes halogenated alkanes) is 1. The number of aromatic nitrogens is 2. The smallest absolute Gasteiger partial charge is 0.286 e. The zero-order chi connectivity index (χ0) is 25.5. The van der Waals surface area contributed by atoms with Gasteiger partial charge in [-0.25, -0.2) is 9.69 Å². The summed E-state index contributed by atoms with van der Waals surface area (Å²) in [5.41, 5.74) is 6.01. The van der Waals surface area contributed by atoms with Crippen LogP contribution in [0.1, 0.15) is 53.7 Å². The zero-order valence-corrected chi connectivity index (χ0v) is 21.2. The molecule has 0 atom stereocenters. The third kappa shape index (κ3) is 6.08. The van der Waals surface area contributed by atoms with E-state index >= 15 is 0 Å². The van der Waals surface area contributed by atoms with Crippen molar-refractivity contribution in [2.24, 2.45) is 0 Å². The summed E-state index contributed by atoms with van der Waals surface area (Å²) in [5, 5.41) is 17.7. The van der Waals surface area contributed by atoms with E-state index in [0.717, 1.165) is 43.5 Å². The van der Waals surface area contributed by atoms with E-state index in [-0.39, 0.29) is 18.3 Å². The molecular formula is C27H27Cl2FN4O2. The van der Waals surface area contributed by atoms with E-state index in [1.54, 1.807) is 22.9 Å². The lowest BCUT2D eigenvalue weighted by atomic mass is 10.0. The molecular weight excluding hydrogens is 502 g/mol. The van der Waals surface area contributed by atoms with Crippen LogP contribution in [0.4, 0.5) is 4.39 Å². The summed E-state index contributed by atoms with van der Waals surface area (Å²) < 4.78 is 13.9. The third-order valence-corrected chi connectivity index (χ3v) is 6.47. The fraction of sp³-hybridized carbons (Fsp3) is 0.333. The number of nitrogens with one attached hydrogen (secondary N) is 1. The van der Waals surface area contributed by atoms with E-state index in [2.05, 4.69) is 22.4 Å². The van der Waals surface area contributed by atoms with Crippen molar-refractivity contribution in [1.29, 1.82) is 0 Å². The van der Waals surface area contributed by atoms with Crippen LogP contribution in [0.25, 0.3) is 16.9 Å². The number of hydrogen-bond donors (Lipinski definition) is 2. The molecule has 2 aromatic carbocycles. The maximum atomic E-state index is 13.2. The van der Waals surface area contributed by atoms with Crippen LogP contribution in [0.2, 0.25) is 10.0 Å². The van der Waals surface area contributed by atoms with Gasteiger partial charge < -0.3 is 5.11 Å². The van der Waals surface area contributed by atoms with Crippen molar-refractivity contribution >= 4 is 29.1 Å². The first-order chi connectivity index (χ1) is 17.5. The maximum absolute atomic E-state index is 13.2. The lowest BCUT2D eigenvalue weighted by molar-refractivity contribution is 0.0741. The number of benzene rings is 2. The molecule has 1 saturated heterocycles. The highest BCUT2D eigenvalue weighted by Gasteiger charge is 2.26. The first-order valence-corrected chi connectivity index (χ1v) is 12.7. The third-order valence-electron chi connectivity index (χ3n) is 5.94. The lowest BCUT2D eigenvalue weighted by Crippen LogP contribution is -2.45. The minimum absolute atomic E-state index is 0.124. The predicted octanol–water partition coefficient (Wildman–Crippen LogP) is 5.57. The molecule has 1 amide bonds. The largest absolute Gasteiger partial charge is 0.392 e. The molecule has 0 saturated carbocycles. The van der Waals surface area contributed by atoms with Crippen LogP contribution in [0.5, 0.6) is 0 Å². The number of hydrazine groups is 1. The Morgan fingerprint density at radius 3 is 2.53 bits per heavy atom. The summed E-state index contributed by atoms with van der Waals surface area (Å²) in [6, 6.07) is 12.4. The normalized spacial score (nSPS) is 13.8. The minimum Gasteiger partial charge on any atom is -0.392 e. The maximum Gasteiger partial charge on any atom is 0.286 e. The molecule has 6 nitrogen and oxygen atoms in total. The van der Waals surface area contributed by atoms with Crippen LogP contribution in [-0.2, 0) is 6.61 Å². The Morgan fingerprint density at radius 1 is 1.11 bits per heavy atom. The molecule has 3 aromatic rings. The van der Waals surface area contributed by atoms with Crippen molar-refractivity contribution in [2.45, 2.75) is 38.7 Å². The number of nitrogens with zero attached hydrogens (tertiary/aromatic N) is 3. The van der Waals surface area contributed by atoms with Gasteiger partial charge in [-0.3, -0.25) is 14.6 Å². The molecule has 2 N–H and O–H groups in total. The number of hydrogen-bond acceptors (Lipinski definition) is 4. The van der Waals surface area contributed by atoms with E-state index in [9.17, 15) is 14.3 Å². The molecule has 188 valence electrons. The topological polar surface area (TPSA) is 70.4 Å². The van der Waals surface area contributed by atoms with Crippen molar-refractivity contribution in [3.05, 3.63) is 69.3 Å². The Hall–Kier alpha value is -2.89. The van der Waals surface area contributed by atoms with Gasteiger partial charge in [-0.2, -0.15) is 5.10 Å². The highest BCUT2D eigenvalue weighted by molar-refractivity contribution is 6.35. The minimum atomic E-state index is -0.395. The quantitative estimate of drug-likeness (QED) is 0.310. The van der Waals surface area contributed by atoms with E-state index in [1.165, 1.54) is 0 Å². The van der Waals surface area contributed by atoms with Gasteiger partial charge in [0.2, 0.25) is 0 Å². The van der Waals surface area contributed by atoms with Crippen LogP contribution >= 0.6 is 23.2 Å². The number of rotatable bonds is 7. The monoisotopic (exact) mass is 528 g/mol. The molecule has 1 fully saturated rings. The first-order valence-electron chi connectivity index (χ1n) is 11.9. The van der Waals surface area contributed by atoms with Crippen molar-refractivity contribution in [2.75, 3.05) is 19.8 Å². The molecule has 0 unspecified atom stereocenters. The molecule has 1 aliphatic rings. The summed E-state index contributed by atoms with van der Waals surface area (Å²) in [6.07, 6.45) is 4.06. The molecule has 1 aromatic heterocycles. The summed E-state index contributed by atoms with van der Waals surface area (Å²) in [6.45, 7) is 0.756. The number of alkyl halides is 1. The summed E-state index contributed by atoms with van der Waals surface area (Å²) in [7, 11) is 0. The van der Waals surface area contributed by atoms with E-state index < -0.39 is 6.61 Å². The number of aliphatic hydroxyl groups is 1. The number of aliphatic hydroxyl groups excluding tert-OH is 1. The summed E-state index contributed by atoms with van der Waals surface area (Å²) >= 11 is 12.6. The van der Waals surface area contributed by atoms with Crippen LogP contribution in [0.3, 0.4) is 0 Å². The van der Waals surface area contributed by atoms with Crippen molar-refractivity contribution in [3.8, 4) is 28.8 Å². The highest BCUT2D eigenvalue weighted by Crippen LogP contribution is 2.33. The van der Waals surface area contributed by atoms with Gasteiger partial charge in [-0.05, 0) is 49.6 Å². The molecule has 0 aliphatic carbocycles. The number of piperidine rings is 1. The Balaban J connectivity index is 1.76. The molecule has 9 heteroatoms. The van der Waals surface area contributed by atoms with Crippen LogP contribution in [-0.4, -0.2) is 45.6 Å². The van der Waals surface area contributed by atoms with E-state index in [0.29, 0.717) is 39.8 Å². The van der Waals surface area contributed by atoms with E-state index in [1.807, 2.05) is 29.3 Å². The number of halogens is 3. The number of amides is 1. The molecule has 2 heterocycles. The molecule has 1 aliphatic heterocycles. The number of carbonyl (C=O) groups is 1. The van der Waals surface area contributed by atoms with Gasteiger partial charge >= 0.3 is 0 Å². The van der Waals surface area contributed by atoms with Crippen LogP contribution < -0.4 is 5.43 Å². The Morgan fingerprint density at radius 2 is 1.86 bits per heavy atom. The second-order valence-electron chi connectivity index (χ2n) is 8.50. The summed E-state index contributed by atoms with van der Waals surface area (Å²) in [5.74, 6) is 5.59. The Kier molecular flexibility index (Phi) is 9.00. The van der Waals surface area contributed by atoms with Crippen molar-refractivity contribution in [1.82, 2.24) is 20.2 Å². The van der Waals surface area contributed by atoms with Crippen molar-refractivity contribution < 1.29 is 14.3 Å². The second-order valence-corrected chi connectivity index (χ2v) is 9.35. The van der Waals surface area contributed by atoms with Gasteiger partial charge in [0.25, 0.3) is 5.91 Å². The molecule has 0 spiro atoms. The lowest BCUT2D eigenvalue weighted by Gasteiger charge is -2.26. The van der Waals surface area contributed by atoms with E-state index in [4.69, 9.17) is 23.2 Å². The van der Waals surface area contributed by atoms with Crippen LogP contribution in [0, 0.1) is 11.8 Å². The van der Waals surface area contributed by atoms with Gasteiger partial charge in [-0.15, -0.1) is 0 Å². The van der Waals surface area contributed by atoms with Gasteiger partial charge in [-0.1, -0.05) is 53.6 Å².